The third-order valence-electron chi connectivity index (χ3n) is 10.3. The molecule has 208 valence electrons. The van der Waals surface area contributed by atoms with Gasteiger partial charge in [0.1, 0.15) is 11.2 Å². The van der Waals surface area contributed by atoms with Crippen LogP contribution in [-0.2, 0) is 5.41 Å². The van der Waals surface area contributed by atoms with Gasteiger partial charge in [0, 0.05) is 30.9 Å². The third kappa shape index (κ3) is 2.93. The minimum absolute atomic E-state index is 0.364. The van der Waals surface area contributed by atoms with Crippen LogP contribution in [0.5, 0.6) is 0 Å². The first-order chi connectivity index (χ1) is 22.3. The van der Waals surface area contributed by atoms with E-state index in [0.29, 0.717) is 0 Å². The highest BCUT2D eigenvalue weighted by molar-refractivity contribution is 7.25. The van der Waals surface area contributed by atoms with Crippen molar-refractivity contribution in [1.29, 1.82) is 0 Å². The van der Waals surface area contributed by atoms with Gasteiger partial charge >= 0.3 is 0 Å². The van der Waals surface area contributed by atoms with Crippen molar-refractivity contribution in [3.05, 3.63) is 168 Å². The van der Waals surface area contributed by atoms with Crippen molar-refractivity contribution in [1.82, 2.24) is 0 Å². The second-order valence-electron chi connectivity index (χ2n) is 12.4. The minimum atomic E-state index is -0.364. The quantitative estimate of drug-likeness (QED) is 0.186. The summed E-state index contributed by atoms with van der Waals surface area (Å²) in [6, 6.07) is 53.8. The van der Waals surface area contributed by atoms with E-state index in [2.05, 4.69) is 146 Å². The lowest BCUT2D eigenvalue weighted by atomic mass is 9.70. The Labute approximate surface area is 263 Å². The third-order valence-corrected chi connectivity index (χ3v) is 11.4. The van der Waals surface area contributed by atoms with Crippen LogP contribution in [0.25, 0.3) is 75.5 Å². The van der Waals surface area contributed by atoms with Crippen LogP contribution in [0.1, 0.15) is 22.3 Å². The maximum atomic E-state index is 6.76. The molecule has 7 aromatic carbocycles. The molecule has 0 saturated carbocycles. The topological polar surface area (TPSA) is 13.1 Å². The summed E-state index contributed by atoms with van der Waals surface area (Å²) < 4.78 is 9.40. The molecule has 0 bridgehead atoms. The van der Waals surface area contributed by atoms with E-state index in [0.717, 1.165) is 16.6 Å². The molecule has 1 spiro atoms. The van der Waals surface area contributed by atoms with Crippen LogP contribution < -0.4 is 0 Å². The number of thiophene rings is 1. The first-order valence-corrected chi connectivity index (χ1v) is 16.3. The summed E-state index contributed by atoms with van der Waals surface area (Å²) in [6.45, 7) is 0. The van der Waals surface area contributed by atoms with Gasteiger partial charge in [-0.25, -0.2) is 0 Å². The molecule has 9 aromatic rings. The molecule has 0 radical (unpaired) electrons. The number of furan rings is 1. The van der Waals surface area contributed by atoms with Crippen molar-refractivity contribution >= 4 is 53.4 Å². The largest absolute Gasteiger partial charge is 0.456 e. The summed E-state index contributed by atoms with van der Waals surface area (Å²) in [5.74, 6) is 0. The fourth-order valence-corrected chi connectivity index (χ4v) is 9.59. The second-order valence-corrected chi connectivity index (χ2v) is 13.5. The van der Waals surface area contributed by atoms with Crippen LogP contribution in [0.4, 0.5) is 0 Å². The molecule has 2 aliphatic carbocycles. The smallest absolute Gasteiger partial charge is 0.136 e. The monoisotopic (exact) mass is 588 g/mol. The molecule has 0 saturated heterocycles. The molecule has 45 heavy (non-hydrogen) atoms. The lowest BCUT2D eigenvalue weighted by Gasteiger charge is -2.30. The summed E-state index contributed by atoms with van der Waals surface area (Å²) in [5, 5.41) is 4.98. The molecule has 2 aromatic heterocycles. The Morgan fingerprint density at radius 2 is 0.933 bits per heavy atom. The van der Waals surface area contributed by atoms with Crippen molar-refractivity contribution in [2.45, 2.75) is 5.41 Å². The van der Waals surface area contributed by atoms with E-state index in [9.17, 15) is 0 Å². The van der Waals surface area contributed by atoms with E-state index in [1.165, 1.54) is 81.2 Å². The van der Waals surface area contributed by atoms with E-state index < -0.39 is 0 Å². The molecule has 0 N–H and O–H groups in total. The molecule has 2 heteroatoms. The normalized spacial score (nSPS) is 14.0. The molecule has 11 rings (SSSR count). The lowest BCUT2D eigenvalue weighted by Crippen LogP contribution is -2.25. The highest BCUT2D eigenvalue weighted by atomic mass is 32.1. The summed E-state index contributed by atoms with van der Waals surface area (Å²) in [4.78, 5) is 0. The van der Waals surface area contributed by atoms with Crippen LogP contribution in [0, 0.1) is 0 Å². The van der Waals surface area contributed by atoms with E-state index >= 15 is 0 Å². The Morgan fingerprint density at radius 3 is 1.67 bits per heavy atom. The van der Waals surface area contributed by atoms with Gasteiger partial charge in [-0.2, -0.15) is 0 Å². The highest BCUT2D eigenvalue weighted by Gasteiger charge is 2.51. The average Bonchev–Trinajstić information content (AvgIpc) is 3.81. The molecule has 0 atom stereocenters. The fourth-order valence-electron chi connectivity index (χ4n) is 8.45. The Morgan fingerprint density at radius 1 is 0.378 bits per heavy atom. The molecule has 0 amide bonds. The van der Waals surface area contributed by atoms with E-state index in [1.807, 2.05) is 11.3 Å². The van der Waals surface area contributed by atoms with Gasteiger partial charge in [-0.05, 0) is 92.0 Å². The first kappa shape index (κ1) is 23.9. The van der Waals surface area contributed by atoms with Crippen molar-refractivity contribution in [3.8, 4) is 33.4 Å². The fraction of sp³-hybridized carbons (Fsp3) is 0.0233. The van der Waals surface area contributed by atoms with Crippen molar-refractivity contribution in [2.75, 3.05) is 0 Å². The predicted octanol–water partition coefficient (Wildman–Crippen LogP) is 12.0. The molecule has 2 heterocycles. The zero-order valence-electron chi connectivity index (χ0n) is 24.2. The van der Waals surface area contributed by atoms with Crippen molar-refractivity contribution < 1.29 is 4.42 Å². The molecular formula is C43H24OS. The SMILES string of the molecule is c1ccc2c(c1)-c1ccccc1C21c2ccccc2-c2cc3c(cc21)oc1cc(-c2ccc4c(c2)sc2ccccc24)ccc13. The van der Waals surface area contributed by atoms with Gasteiger partial charge in [-0.3, -0.25) is 0 Å². The zero-order chi connectivity index (χ0) is 29.3. The predicted molar refractivity (Wildman–Crippen MR) is 188 cm³/mol. The minimum Gasteiger partial charge on any atom is -0.456 e. The Hall–Kier alpha value is -5.44. The van der Waals surface area contributed by atoms with Crippen LogP contribution in [0.3, 0.4) is 0 Å². The zero-order valence-corrected chi connectivity index (χ0v) is 25.0. The number of hydrogen-bond donors (Lipinski definition) is 0. The number of hydrogen-bond acceptors (Lipinski definition) is 2. The molecular weight excluding hydrogens is 565 g/mol. The average molecular weight is 589 g/mol. The summed E-state index contributed by atoms with van der Waals surface area (Å²) in [5.41, 5.74) is 14.5. The lowest BCUT2D eigenvalue weighted by molar-refractivity contribution is 0.666. The maximum absolute atomic E-state index is 6.76. The van der Waals surface area contributed by atoms with E-state index in [1.54, 1.807) is 0 Å². The summed E-state index contributed by atoms with van der Waals surface area (Å²) in [7, 11) is 0. The van der Waals surface area contributed by atoms with Crippen LogP contribution >= 0.6 is 11.3 Å². The van der Waals surface area contributed by atoms with Gasteiger partial charge in [-0.1, -0.05) is 109 Å². The molecule has 0 aliphatic heterocycles. The molecule has 0 fully saturated rings. The summed E-state index contributed by atoms with van der Waals surface area (Å²) >= 11 is 1.86. The second kappa shape index (κ2) is 8.38. The first-order valence-electron chi connectivity index (χ1n) is 15.5. The standard InChI is InChI=1S/C43H24OS/c1-5-13-35-27(9-1)28-10-2-6-14-36(28)43(35)37-15-7-3-11-29(37)33-23-34-30-19-17-25(21-39(30)44-40(34)24-38(33)43)26-18-20-32-31-12-4-8-16-41(31)45-42(32)22-26/h1-24H. The molecule has 2 aliphatic rings. The van der Waals surface area contributed by atoms with Gasteiger partial charge in [-0.15, -0.1) is 11.3 Å². The van der Waals surface area contributed by atoms with E-state index in [4.69, 9.17) is 4.42 Å². The summed E-state index contributed by atoms with van der Waals surface area (Å²) in [6.07, 6.45) is 0. The highest BCUT2D eigenvalue weighted by Crippen LogP contribution is 2.63. The van der Waals surface area contributed by atoms with Gasteiger partial charge in [0.2, 0.25) is 0 Å². The van der Waals surface area contributed by atoms with Crippen molar-refractivity contribution in [2.24, 2.45) is 0 Å². The number of rotatable bonds is 1. The van der Waals surface area contributed by atoms with E-state index in [-0.39, 0.29) is 5.41 Å². The molecule has 0 unspecified atom stereocenters. The maximum Gasteiger partial charge on any atom is 0.136 e. The van der Waals surface area contributed by atoms with Crippen molar-refractivity contribution in [3.63, 3.8) is 0 Å². The Kier molecular flexibility index (Phi) is 4.46. The van der Waals surface area contributed by atoms with Gasteiger partial charge < -0.3 is 4.42 Å². The number of fused-ring (bicyclic) bond motifs is 16. The number of benzene rings is 7. The Balaban J connectivity index is 1.14. The van der Waals surface area contributed by atoms with Gasteiger partial charge in [0.25, 0.3) is 0 Å². The van der Waals surface area contributed by atoms with Crippen LogP contribution in [-0.4, -0.2) is 0 Å². The van der Waals surface area contributed by atoms with Gasteiger partial charge in [0.15, 0.2) is 0 Å². The molecule has 1 nitrogen and oxygen atoms in total. The Bertz CT molecular complexity index is 2670. The van der Waals surface area contributed by atoms with Crippen LogP contribution in [0.2, 0.25) is 0 Å². The van der Waals surface area contributed by atoms with Gasteiger partial charge in [0.05, 0.1) is 5.41 Å². The van der Waals surface area contributed by atoms with Crippen LogP contribution in [0.15, 0.2) is 150 Å².